The number of hydrogen-bond acceptors (Lipinski definition) is 1. The summed E-state index contributed by atoms with van der Waals surface area (Å²) < 4.78 is 0. The van der Waals surface area contributed by atoms with Crippen LogP contribution in [0.25, 0.3) is 0 Å². The molecule has 0 heterocycles. The summed E-state index contributed by atoms with van der Waals surface area (Å²) in [5.74, 6) is 0.701. The molecule has 0 bridgehead atoms. The second-order valence-electron chi connectivity index (χ2n) is 3.69. The van der Waals surface area contributed by atoms with E-state index in [4.69, 9.17) is 5.73 Å². The van der Waals surface area contributed by atoms with Gasteiger partial charge in [0.25, 0.3) is 0 Å². The van der Waals surface area contributed by atoms with E-state index in [2.05, 4.69) is 20.8 Å². The average Bonchev–Trinajstić information content (AvgIpc) is 1.97. The van der Waals surface area contributed by atoms with Gasteiger partial charge >= 0.3 is 0 Å². The first-order valence-corrected chi connectivity index (χ1v) is 4.94. The van der Waals surface area contributed by atoms with Crippen LogP contribution in [0.3, 0.4) is 0 Å². The summed E-state index contributed by atoms with van der Waals surface area (Å²) in [6, 6.07) is 0.372. The van der Waals surface area contributed by atoms with E-state index in [-0.39, 0.29) is 0 Å². The Bertz CT molecular complexity index is 78.9. The van der Waals surface area contributed by atoms with Crippen molar-refractivity contribution in [2.45, 2.75) is 58.9 Å². The molecule has 11 heavy (non-hydrogen) atoms. The van der Waals surface area contributed by atoms with Gasteiger partial charge in [0.05, 0.1) is 0 Å². The van der Waals surface area contributed by atoms with Crippen molar-refractivity contribution in [3.8, 4) is 0 Å². The van der Waals surface area contributed by atoms with Gasteiger partial charge in [0.15, 0.2) is 0 Å². The molecule has 0 fully saturated rings. The highest BCUT2D eigenvalue weighted by molar-refractivity contribution is 4.62. The van der Waals surface area contributed by atoms with E-state index in [0.717, 1.165) is 0 Å². The van der Waals surface area contributed by atoms with Gasteiger partial charge in [-0.3, -0.25) is 0 Å². The normalized spacial score (nSPS) is 16.4. The number of rotatable bonds is 6. The fourth-order valence-corrected chi connectivity index (χ4v) is 1.16. The van der Waals surface area contributed by atoms with E-state index in [9.17, 15) is 0 Å². The summed E-state index contributed by atoms with van der Waals surface area (Å²) >= 11 is 0. The summed E-state index contributed by atoms with van der Waals surface area (Å²) in [5, 5.41) is 0. The van der Waals surface area contributed by atoms with E-state index < -0.39 is 0 Å². The van der Waals surface area contributed by atoms with Gasteiger partial charge in [-0.1, -0.05) is 39.5 Å². The maximum absolute atomic E-state index is 5.75. The van der Waals surface area contributed by atoms with Crippen molar-refractivity contribution in [1.82, 2.24) is 0 Å². The van der Waals surface area contributed by atoms with Crippen molar-refractivity contribution in [3.63, 3.8) is 0 Å². The quantitative estimate of drug-likeness (QED) is 0.589. The topological polar surface area (TPSA) is 26.0 Å². The second kappa shape index (κ2) is 6.66. The van der Waals surface area contributed by atoms with Gasteiger partial charge in [-0.25, -0.2) is 0 Å². The molecule has 0 aromatic heterocycles. The minimum absolute atomic E-state index is 0.372. The Morgan fingerprint density at radius 2 is 1.73 bits per heavy atom. The molecule has 0 aromatic carbocycles. The van der Waals surface area contributed by atoms with Crippen molar-refractivity contribution >= 4 is 0 Å². The van der Waals surface area contributed by atoms with E-state index >= 15 is 0 Å². The van der Waals surface area contributed by atoms with Gasteiger partial charge in [0.1, 0.15) is 0 Å². The van der Waals surface area contributed by atoms with E-state index in [1.54, 1.807) is 0 Å². The van der Waals surface area contributed by atoms with Crippen molar-refractivity contribution in [1.29, 1.82) is 0 Å². The van der Waals surface area contributed by atoms with Crippen molar-refractivity contribution in [3.05, 3.63) is 0 Å². The highest BCUT2D eigenvalue weighted by atomic mass is 14.6. The van der Waals surface area contributed by atoms with Gasteiger partial charge in [0, 0.05) is 6.04 Å². The van der Waals surface area contributed by atoms with Gasteiger partial charge < -0.3 is 5.73 Å². The highest BCUT2D eigenvalue weighted by Crippen LogP contribution is 2.12. The van der Waals surface area contributed by atoms with Crippen LogP contribution in [0.5, 0.6) is 0 Å². The van der Waals surface area contributed by atoms with Crippen molar-refractivity contribution < 1.29 is 0 Å². The maximum Gasteiger partial charge on any atom is 0.00361 e. The maximum atomic E-state index is 5.75. The molecule has 1 nitrogen and oxygen atoms in total. The number of nitrogens with two attached hydrogens (primary N) is 1. The zero-order valence-electron chi connectivity index (χ0n) is 8.27. The van der Waals surface area contributed by atoms with Crippen LogP contribution >= 0.6 is 0 Å². The smallest absolute Gasteiger partial charge is 0.00361 e. The molecule has 0 rings (SSSR count). The largest absolute Gasteiger partial charge is 0.328 e. The van der Waals surface area contributed by atoms with Crippen molar-refractivity contribution in [2.24, 2.45) is 11.7 Å². The first kappa shape index (κ1) is 11.0. The van der Waals surface area contributed by atoms with Crippen LogP contribution in [-0.4, -0.2) is 6.04 Å². The molecule has 1 heteroatoms. The van der Waals surface area contributed by atoms with E-state index in [0.29, 0.717) is 12.0 Å². The number of hydrogen-bond donors (Lipinski definition) is 1. The van der Waals surface area contributed by atoms with Crippen LogP contribution in [0, 0.1) is 5.92 Å². The van der Waals surface area contributed by atoms with Gasteiger partial charge in [0.2, 0.25) is 0 Å². The summed E-state index contributed by atoms with van der Waals surface area (Å²) in [4.78, 5) is 0. The molecule has 0 aliphatic rings. The van der Waals surface area contributed by atoms with Crippen LogP contribution in [-0.2, 0) is 0 Å². The van der Waals surface area contributed by atoms with Crippen LogP contribution < -0.4 is 5.73 Å². The van der Waals surface area contributed by atoms with Crippen LogP contribution in [0.4, 0.5) is 0 Å². The zero-order chi connectivity index (χ0) is 8.69. The molecule has 0 aliphatic heterocycles. The molecule has 68 valence electrons. The summed E-state index contributed by atoms with van der Waals surface area (Å²) in [7, 11) is 0. The highest BCUT2D eigenvalue weighted by Gasteiger charge is 2.05. The molecule has 0 aromatic rings. The SMILES string of the molecule is CCCCCCC(C)C(C)N. The number of unbranched alkanes of at least 4 members (excludes halogenated alkanes) is 3. The van der Waals surface area contributed by atoms with Crippen LogP contribution in [0.1, 0.15) is 52.9 Å². The molecule has 2 atom stereocenters. The van der Waals surface area contributed by atoms with Crippen LogP contribution in [0.2, 0.25) is 0 Å². The second-order valence-corrected chi connectivity index (χ2v) is 3.69. The Morgan fingerprint density at radius 1 is 1.09 bits per heavy atom. The van der Waals surface area contributed by atoms with E-state index in [1.165, 1.54) is 32.1 Å². The lowest BCUT2D eigenvalue weighted by Gasteiger charge is -2.14. The molecule has 0 spiro atoms. The molecule has 0 radical (unpaired) electrons. The standard InChI is InChI=1S/C10H23N/c1-4-5-6-7-8-9(2)10(3)11/h9-10H,4-8,11H2,1-3H3. The molecule has 0 saturated carbocycles. The fraction of sp³-hybridized carbons (Fsp3) is 1.00. The molecule has 2 unspecified atom stereocenters. The Balaban J connectivity index is 3.10. The monoisotopic (exact) mass is 157 g/mol. The molecular weight excluding hydrogens is 134 g/mol. The Labute approximate surface area is 71.4 Å². The summed E-state index contributed by atoms with van der Waals surface area (Å²) in [5.41, 5.74) is 5.75. The third-order valence-corrected chi connectivity index (χ3v) is 2.41. The molecule has 0 aliphatic carbocycles. The molecule has 2 N–H and O–H groups in total. The predicted molar refractivity (Wildman–Crippen MR) is 51.6 cm³/mol. The Morgan fingerprint density at radius 3 is 2.18 bits per heavy atom. The Hall–Kier alpha value is -0.0400. The predicted octanol–water partition coefficient (Wildman–Crippen LogP) is 2.94. The zero-order valence-corrected chi connectivity index (χ0v) is 8.27. The lowest BCUT2D eigenvalue weighted by molar-refractivity contribution is 0.426. The molecule has 0 amide bonds. The first-order chi connectivity index (χ1) is 5.18. The van der Waals surface area contributed by atoms with Gasteiger partial charge in [-0.05, 0) is 19.3 Å². The third kappa shape index (κ3) is 6.36. The fourth-order valence-electron chi connectivity index (χ4n) is 1.16. The first-order valence-electron chi connectivity index (χ1n) is 4.94. The lowest BCUT2D eigenvalue weighted by atomic mass is 9.97. The molecule has 0 saturated heterocycles. The van der Waals surface area contributed by atoms with Gasteiger partial charge in [-0.15, -0.1) is 0 Å². The lowest BCUT2D eigenvalue weighted by Crippen LogP contribution is -2.23. The summed E-state index contributed by atoms with van der Waals surface area (Å²) in [6.07, 6.45) is 6.75. The third-order valence-electron chi connectivity index (χ3n) is 2.41. The molecular formula is C10H23N. The minimum atomic E-state index is 0.372. The van der Waals surface area contributed by atoms with E-state index in [1.807, 2.05) is 0 Å². The Kier molecular flexibility index (Phi) is 6.63. The van der Waals surface area contributed by atoms with Gasteiger partial charge in [-0.2, -0.15) is 0 Å². The minimum Gasteiger partial charge on any atom is -0.328 e. The van der Waals surface area contributed by atoms with Crippen molar-refractivity contribution in [2.75, 3.05) is 0 Å². The summed E-state index contributed by atoms with van der Waals surface area (Å²) in [6.45, 7) is 6.59. The van der Waals surface area contributed by atoms with Crippen LogP contribution in [0.15, 0.2) is 0 Å². The average molecular weight is 157 g/mol.